The van der Waals surface area contributed by atoms with Crippen LogP contribution in [0.25, 0.3) is 0 Å². The van der Waals surface area contributed by atoms with Crippen LogP contribution in [-0.2, 0) is 9.53 Å². The molecule has 0 saturated carbocycles. The van der Waals surface area contributed by atoms with Crippen LogP contribution < -0.4 is 5.32 Å². The fourth-order valence-corrected chi connectivity index (χ4v) is 1.66. The van der Waals surface area contributed by atoms with Crippen molar-refractivity contribution in [3.63, 3.8) is 0 Å². The van der Waals surface area contributed by atoms with Crippen molar-refractivity contribution in [1.29, 1.82) is 0 Å². The van der Waals surface area contributed by atoms with Crippen LogP contribution in [0.5, 0.6) is 0 Å². The van der Waals surface area contributed by atoms with Gasteiger partial charge in [0, 0.05) is 24.9 Å². The average molecular weight is 280 g/mol. The average Bonchev–Trinajstić information content (AvgIpc) is 2.18. The first-order valence-electron chi connectivity index (χ1n) is 5.49. The first kappa shape index (κ1) is 14.9. The number of amides is 1. The van der Waals surface area contributed by atoms with Crippen LogP contribution in [0, 0.1) is 5.92 Å². The first-order chi connectivity index (χ1) is 7.10. The van der Waals surface area contributed by atoms with Gasteiger partial charge in [-0.25, -0.2) is 0 Å². The second-order valence-corrected chi connectivity index (χ2v) is 5.20. The highest BCUT2D eigenvalue weighted by molar-refractivity contribution is 9.09. The summed E-state index contributed by atoms with van der Waals surface area (Å²) in [6, 6.07) is 0. The molecule has 2 unspecified atom stereocenters. The molecule has 1 amide bonds. The number of carbonyl (C=O) groups excluding carboxylic acids is 1. The fourth-order valence-electron chi connectivity index (χ4n) is 1.17. The van der Waals surface area contributed by atoms with E-state index in [9.17, 15) is 4.79 Å². The van der Waals surface area contributed by atoms with Crippen molar-refractivity contribution in [3.05, 3.63) is 0 Å². The number of carbonyl (C=O) groups is 1. The number of nitrogens with one attached hydrogen (secondary N) is 1. The molecule has 2 atom stereocenters. The third-order valence-corrected chi connectivity index (χ3v) is 3.08. The lowest BCUT2D eigenvalue weighted by atomic mass is 10.1. The van der Waals surface area contributed by atoms with Crippen molar-refractivity contribution in [2.24, 2.45) is 5.92 Å². The van der Waals surface area contributed by atoms with Gasteiger partial charge in [-0.1, -0.05) is 36.2 Å². The molecule has 0 aliphatic heterocycles. The number of hydrogen-bond donors (Lipinski definition) is 1. The van der Waals surface area contributed by atoms with Gasteiger partial charge in [0.25, 0.3) is 0 Å². The van der Waals surface area contributed by atoms with Crippen molar-refractivity contribution >= 4 is 21.8 Å². The van der Waals surface area contributed by atoms with Gasteiger partial charge in [0.2, 0.25) is 5.91 Å². The Morgan fingerprint density at radius 3 is 2.73 bits per heavy atom. The van der Waals surface area contributed by atoms with E-state index in [1.54, 1.807) is 7.11 Å². The summed E-state index contributed by atoms with van der Waals surface area (Å²) in [6.07, 6.45) is 2.59. The van der Waals surface area contributed by atoms with Crippen molar-refractivity contribution in [1.82, 2.24) is 5.32 Å². The van der Waals surface area contributed by atoms with E-state index in [1.807, 2.05) is 0 Å². The van der Waals surface area contributed by atoms with E-state index >= 15 is 0 Å². The van der Waals surface area contributed by atoms with E-state index in [-0.39, 0.29) is 5.91 Å². The maximum atomic E-state index is 11.4. The standard InChI is InChI=1S/C11H22BrNO2/c1-4-9(2)7-11(14)13-6-5-10(12)8-15-3/h9-10H,4-8H2,1-3H3,(H,13,14). The molecule has 0 aromatic heterocycles. The van der Waals surface area contributed by atoms with Crippen LogP contribution in [0.15, 0.2) is 0 Å². The Hall–Kier alpha value is -0.0900. The molecule has 0 aromatic rings. The number of hydrogen-bond acceptors (Lipinski definition) is 2. The molecule has 1 N–H and O–H groups in total. The molecule has 0 aliphatic rings. The Labute approximate surface area is 101 Å². The molecule has 0 heterocycles. The summed E-state index contributed by atoms with van der Waals surface area (Å²) in [7, 11) is 1.68. The topological polar surface area (TPSA) is 38.3 Å². The maximum Gasteiger partial charge on any atom is 0.220 e. The third-order valence-electron chi connectivity index (χ3n) is 2.36. The molecule has 0 saturated heterocycles. The van der Waals surface area contributed by atoms with Gasteiger partial charge in [0.05, 0.1) is 6.61 Å². The maximum absolute atomic E-state index is 11.4. The van der Waals surface area contributed by atoms with Crippen LogP contribution in [-0.4, -0.2) is 31.0 Å². The molecule has 90 valence electrons. The van der Waals surface area contributed by atoms with Crippen molar-refractivity contribution in [3.8, 4) is 0 Å². The van der Waals surface area contributed by atoms with E-state index in [2.05, 4.69) is 35.1 Å². The molecule has 15 heavy (non-hydrogen) atoms. The molecule has 0 radical (unpaired) electrons. The van der Waals surface area contributed by atoms with Gasteiger partial charge in [-0.05, 0) is 12.3 Å². The molecule has 3 nitrogen and oxygen atoms in total. The highest BCUT2D eigenvalue weighted by atomic mass is 79.9. The second kappa shape index (κ2) is 9.16. The molecular weight excluding hydrogens is 258 g/mol. The number of methoxy groups -OCH3 is 1. The minimum Gasteiger partial charge on any atom is -0.384 e. The zero-order valence-electron chi connectivity index (χ0n) is 9.88. The first-order valence-corrected chi connectivity index (χ1v) is 6.41. The minimum atomic E-state index is 0.154. The summed E-state index contributed by atoms with van der Waals surface area (Å²) in [5.41, 5.74) is 0. The van der Waals surface area contributed by atoms with E-state index in [0.717, 1.165) is 12.8 Å². The monoisotopic (exact) mass is 279 g/mol. The van der Waals surface area contributed by atoms with Gasteiger partial charge in [0.1, 0.15) is 0 Å². The summed E-state index contributed by atoms with van der Waals surface area (Å²) < 4.78 is 4.98. The van der Waals surface area contributed by atoms with Gasteiger partial charge in [-0.15, -0.1) is 0 Å². The predicted molar refractivity (Wildman–Crippen MR) is 66.3 cm³/mol. The summed E-state index contributed by atoms with van der Waals surface area (Å²) in [6.45, 7) is 5.60. The van der Waals surface area contributed by atoms with E-state index in [1.165, 1.54) is 0 Å². The molecule has 0 bridgehead atoms. The molecule has 0 fully saturated rings. The Kier molecular flexibility index (Phi) is 9.10. The smallest absolute Gasteiger partial charge is 0.220 e. The Morgan fingerprint density at radius 2 is 2.20 bits per heavy atom. The van der Waals surface area contributed by atoms with Crippen molar-refractivity contribution < 1.29 is 9.53 Å². The van der Waals surface area contributed by atoms with Gasteiger partial charge in [-0.2, -0.15) is 0 Å². The Morgan fingerprint density at radius 1 is 1.53 bits per heavy atom. The quantitative estimate of drug-likeness (QED) is 0.693. The molecule has 0 aliphatic carbocycles. The normalized spacial score (nSPS) is 14.7. The van der Waals surface area contributed by atoms with E-state index < -0.39 is 0 Å². The lowest BCUT2D eigenvalue weighted by molar-refractivity contribution is -0.121. The Bertz CT molecular complexity index is 176. The summed E-state index contributed by atoms with van der Waals surface area (Å²) >= 11 is 3.48. The zero-order valence-corrected chi connectivity index (χ0v) is 11.5. The lowest BCUT2D eigenvalue weighted by Crippen LogP contribution is -2.28. The largest absolute Gasteiger partial charge is 0.384 e. The van der Waals surface area contributed by atoms with Crippen LogP contribution in [0.4, 0.5) is 0 Å². The fraction of sp³-hybridized carbons (Fsp3) is 0.909. The molecule has 0 spiro atoms. The number of ether oxygens (including phenoxy) is 1. The number of rotatable bonds is 8. The summed E-state index contributed by atoms with van der Waals surface area (Å²) in [5.74, 6) is 0.630. The lowest BCUT2D eigenvalue weighted by Gasteiger charge is -2.11. The van der Waals surface area contributed by atoms with Gasteiger partial charge in [0.15, 0.2) is 0 Å². The SMILES string of the molecule is CCC(C)CC(=O)NCCC(Br)COC. The predicted octanol–water partition coefficient (Wildman–Crippen LogP) is 2.34. The van der Waals surface area contributed by atoms with Gasteiger partial charge in [-0.3, -0.25) is 4.79 Å². The minimum absolute atomic E-state index is 0.154. The molecular formula is C11H22BrNO2. The second-order valence-electron chi connectivity index (χ2n) is 3.91. The van der Waals surface area contributed by atoms with E-state index in [0.29, 0.717) is 30.3 Å². The highest BCUT2D eigenvalue weighted by Crippen LogP contribution is 2.06. The van der Waals surface area contributed by atoms with E-state index in [4.69, 9.17) is 4.74 Å². The highest BCUT2D eigenvalue weighted by Gasteiger charge is 2.08. The molecule has 4 heteroatoms. The van der Waals surface area contributed by atoms with Gasteiger partial charge < -0.3 is 10.1 Å². The summed E-state index contributed by atoms with van der Waals surface area (Å²) in [4.78, 5) is 11.7. The Balaban J connectivity index is 3.46. The van der Waals surface area contributed by atoms with Crippen molar-refractivity contribution in [2.75, 3.05) is 20.3 Å². The third kappa shape index (κ3) is 8.88. The van der Waals surface area contributed by atoms with Crippen LogP contribution in [0.3, 0.4) is 0 Å². The van der Waals surface area contributed by atoms with Crippen LogP contribution in [0.2, 0.25) is 0 Å². The zero-order chi connectivity index (χ0) is 11.7. The van der Waals surface area contributed by atoms with Gasteiger partial charge >= 0.3 is 0 Å². The van der Waals surface area contributed by atoms with Crippen LogP contribution in [0.1, 0.15) is 33.1 Å². The number of halogens is 1. The summed E-state index contributed by atoms with van der Waals surface area (Å²) in [5, 5.41) is 2.91. The van der Waals surface area contributed by atoms with Crippen LogP contribution >= 0.6 is 15.9 Å². The van der Waals surface area contributed by atoms with Crippen molar-refractivity contribution in [2.45, 2.75) is 37.9 Å². The molecule has 0 rings (SSSR count). The molecule has 0 aromatic carbocycles. The number of alkyl halides is 1.